The van der Waals surface area contributed by atoms with Crippen LogP contribution in [-0.4, -0.2) is 38.9 Å². The van der Waals surface area contributed by atoms with Gasteiger partial charge in [-0.05, 0) is 56.2 Å². The van der Waals surface area contributed by atoms with Gasteiger partial charge in [-0.3, -0.25) is 0 Å². The lowest BCUT2D eigenvalue weighted by Crippen LogP contribution is -2.46. The average Bonchev–Trinajstić information content (AvgIpc) is 3.30. The van der Waals surface area contributed by atoms with Gasteiger partial charge < -0.3 is 24.6 Å². The molecule has 0 radical (unpaired) electrons. The molecule has 1 aliphatic rings. The number of phenolic OH excluding ortho intramolecular Hbond substituents is 1. The highest BCUT2D eigenvalue weighted by atomic mass is 32.1. The van der Waals surface area contributed by atoms with E-state index < -0.39 is 0 Å². The average molecular weight is 479 g/mol. The molecular weight excluding hydrogens is 448 g/mol. The fraction of sp³-hybridized carbons (Fsp3) is 0.346. The van der Waals surface area contributed by atoms with Gasteiger partial charge in [0.15, 0.2) is 16.6 Å². The SMILES string of the molecule is CCCCCN1C(=S)NC(c2ccc(OC)c(O)c2)C(c2nc(-c3cccc(C)c3)no2)=C1C. The van der Waals surface area contributed by atoms with Crippen LogP contribution in [0.3, 0.4) is 0 Å². The van der Waals surface area contributed by atoms with Gasteiger partial charge in [0.2, 0.25) is 5.82 Å². The third kappa shape index (κ3) is 4.77. The zero-order chi connectivity index (χ0) is 24.2. The topological polar surface area (TPSA) is 83.7 Å². The van der Waals surface area contributed by atoms with Crippen LogP contribution in [-0.2, 0) is 0 Å². The first-order valence-electron chi connectivity index (χ1n) is 11.5. The minimum absolute atomic E-state index is 0.0566. The molecule has 34 heavy (non-hydrogen) atoms. The van der Waals surface area contributed by atoms with E-state index in [9.17, 15) is 5.11 Å². The lowest BCUT2D eigenvalue weighted by molar-refractivity contribution is 0.372. The summed E-state index contributed by atoms with van der Waals surface area (Å²) in [5, 5.41) is 18.7. The van der Waals surface area contributed by atoms with Crippen LogP contribution in [0, 0.1) is 6.92 Å². The number of nitrogens with zero attached hydrogens (tertiary/aromatic N) is 3. The smallest absolute Gasteiger partial charge is 0.258 e. The maximum Gasteiger partial charge on any atom is 0.258 e. The van der Waals surface area contributed by atoms with Crippen molar-refractivity contribution in [3.63, 3.8) is 0 Å². The first-order valence-corrected chi connectivity index (χ1v) is 11.9. The van der Waals surface area contributed by atoms with Crippen LogP contribution in [0.25, 0.3) is 17.0 Å². The Bertz CT molecular complexity index is 1220. The fourth-order valence-electron chi connectivity index (χ4n) is 4.22. The van der Waals surface area contributed by atoms with Crippen molar-refractivity contribution in [1.29, 1.82) is 0 Å². The Hall–Kier alpha value is -3.39. The van der Waals surface area contributed by atoms with Crippen molar-refractivity contribution < 1.29 is 14.4 Å². The molecule has 0 amide bonds. The quantitative estimate of drug-likeness (QED) is 0.319. The highest BCUT2D eigenvalue weighted by Gasteiger charge is 2.34. The molecule has 4 rings (SSSR count). The Labute approximate surface area is 205 Å². The second-order valence-electron chi connectivity index (χ2n) is 8.46. The molecule has 8 heteroatoms. The molecular formula is C26H30N4O3S. The molecule has 0 spiro atoms. The summed E-state index contributed by atoms with van der Waals surface area (Å²) in [5.74, 6) is 1.41. The van der Waals surface area contributed by atoms with Gasteiger partial charge >= 0.3 is 0 Å². The van der Waals surface area contributed by atoms with Gasteiger partial charge in [-0.15, -0.1) is 0 Å². The molecule has 1 atom stereocenters. The molecule has 7 nitrogen and oxygen atoms in total. The van der Waals surface area contributed by atoms with Gasteiger partial charge in [-0.2, -0.15) is 4.98 Å². The van der Waals surface area contributed by atoms with Crippen molar-refractivity contribution in [2.75, 3.05) is 13.7 Å². The number of aromatic hydroxyl groups is 1. The van der Waals surface area contributed by atoms with Crippen LogP contribution in [0.1, 0.15) is 56.2 Å². The largest absolute Gasteiger partial charge is 0.504 e. The molecule has 1 aromatic heterocycles. The number of allylic oxidation sites excluding steroid dienone is 1. The Kier molecular flexibility index (Phi) is 7.17. The number of aromatic nitrogens is 2. The summed E-state index contributed by atoms with van der Waals surface area (Å²) < 4.78 is 11.0. The van der Waals surface area contributed by atoms with Gasteiger partial charge in [0.1, 0.15) is 0 Å². The first kappa shape index (κ1) is 23.8. The molecule has 2 aromatic carbocycles. The number of methoxy groups -OCH3 is 1. The van der Waals surface area contributed by atoms with E-state index in [0.717, 1.165) is 53.8 Å². The van der Waals surface area contributed by atoms with Crippen molar-refractivity contribution in [2.24, 2.45) is 0 Å². The predicted octanol–water partition coefficient (Wildman–Crippen LogP) is 5.61. The molecule has 0 saturated carbocycles. The van der Waals surface area contributed by atoms with Crippen molar-refractivity contribution in [2.45, 2.75) is 46.1 Å². The number of hydrogen-bond acceptors (Lipinski definition) is 6. The number of benzene rings is 2. The van der Waals surface area contributed by atoms with Crippen LogP contribution >= 0.6 is 12.2 Å². The third-order valence-corrected chi connectivity index (χ3v) is 6.39. The van der Waals surface area contributed by atoms with Gasteiger partial charge in [-0.1, -0.05) is 54.8 Å². The third-order valence-electron chi connectivity index (χ3n) is 6.05. The van der Waals surface area contributed by atoms with Crippen molar-refractivity contribution in [3.05, 3.63) is 65.2 Å². The zero-order valence-electron chi connectivity index (χ0n) is 20.0. The standard InChI is InChI=1S/C26H30N4O3S/c1-5-6-7-13-30-17(3)22(25-28-24(29-33-25)19-10-8-9-16(2)14-19)23(27-26(30)34)18-11-12-21(32-4)20(31)15-18/h8-12,14-15,23,31H,5-7,13H2,1-4H3,(H,27,34). The second-order valence-corrected chi connectivity index (χ2v) is 8.85. The summed E-state index contributed by atoms with van der Waals surface area (Å²) in [6.07, 6.45) is 3.27. The first-order chi connectivity index (χ1) is 16.4. The highest BCUT2D eigenvalue weighted by molar-refractivity contribution is 7.80. The van der Waals surface area contributed by atoms with E-state index in [2.05, 4.69) is 22.3 Å². The number of thiocarbonyl (C=S) groups is 1. The Balaban J connectivity index is 1.79. The van der Waals surface area contributed by atoms with Crippen molar-refractivity contribution in [3.8, 4) is 22.9 Å². The number of unbranched alkanes of at least 4 members (excludes halogenated alkanes) is 2. The molecule has 0 saturated heterocycles. The molecule has 1 aliphatic heterocycles. The minimum atomic E-state index is -0.363. The monoisotopic (exact) mass is 478 g/mol. The van der Waals surface area contributed by atoms with Gasteiger partial charge in [0, 0.05) is 17.8 Å². The Morgan fingerprint density at radius 1 is 1.18 bits per heavy atom. The lowest BCUT2D eigenvalue weighted by atomic mass is 9.94. The van der Waals surface area contributed by atoms with E-state index in [1.165, 1.54) is 7.11 Å². The van der Waals surface area contributed by atoms with E-state index >= 15 is 0 Å². The summed E-state index contributed by atoms with van der Waals surface area (Å²) >= 11 is 5.74. The fourth-order valence-corrected chi connectivity index (χ4v) is 4.56. The maximum absolute atomic E-state index is 10.4. The van der Waals surface area contributed by atoms with E-state index in [1.807, 2.05) is 44.2 Å². The number of rotatable bonds is 8. The molecule has 3 aromatic rings. The molecule has 178 valence electrons. The molecule has 0 aliphatic carbocycles. The van der Waals surface area contributed by atoms with Crippen LogP contribution < -0.4 is 10.1 Å². The number of hydrogen-bond donors (Lipinski definition) is 2. The van der Waals surface area contributed by atoms with Crippen molar-refractivity contribution >= 4 is 22.9 Å². The number of nitrogens with one attached hydrogen (secondary N) is 1. The molecule has 2 N–H and O–H groups in total. The Morgan fingerprint density at radius 2 is 2.00 bits per heavy atom. The maximum atomic E-state index is 10.4. The van der Waals surface area contributed by atoms with Gasteiger partial charge in [0.05, 0.1) is 18.7 Å². The van der Waals surface area contributed by atoms with Gasteiger partial charge in [-0.25, -0.2) is 0 Å². The van der Waals surface area contributed by atoms with E-state index in [1.54, 1.807) is 12.1 Å². The predicted molar refractivity (Wildman–Crippen MR) is 136 cm³/mol. The zero-order valence-corrected chi connectivity index (χ0v) is 20.8. The number of ether oxygens (including phenoxy) is 1. The van der Waals surface area contributed by atoms with E-state index in [-0.39, 0.29) is 11.8 Å². The normalized spacial score (nSPS) is 16.1. The number of phenols is 1. The van der Waals surface area contributed by atoms with Crippen LogP contribution in [0.15, 0.2) is 52.7 Å². The molecule has 0 fully saturated rings. The number of aryl methyl sites for hydroxylation is 1. The summed E-state index contributed by atoms with van der Waals surface area (Å²) in [5.41, 5.74) is 4.63. The second kappa shape index (κ2) is 10.3. The summed E-state index contributed by atoms with van der Waals surface area (Å²) in [6.45, 7) is 7.04. The highest BCUT2D eigenvalue weighted by Crippen LogP contribution is 2.40. The van der Waals surface area contributed by atoms with E-state index in [0.29, 0.717) is 22.6 Å². The summed E-state index contributed by atoms with van der Waals surface area (Å²) in [4.78, 5) is 6.84. The summed E-state index contributed by atoms with van der Waals surface area (Å²) in [6, 6.07) is 13.0. The minimum Gasteiger partial charge on any atom is -0.504 e. The lowest BCUT2D eigenvalue weighted by Gasteiger charge is -2.37. The van der Waals surface area contributed by atoms with Crippen molar-refractivity contribution in [1.82, 2.24) is 20.4 Å². The Morgan fingerprint density at radius 3 is 2.71 bits per heavy atom. The van der Waals surface area contributed by atoms with Crippen LogP contribution in [0.2, 0.25) is 0 Å². The molecule has 2 heterocycles. The van der Waals surface area contributed by atoms with E-state index in [4.69, 9.17) is 26.5 Å². The summed E-state index contributed by atoms with van der Waals surface area (Å²) in [7, 11) is 1.53. The van der Waals surface area contributed by atoms with Crippen LogP contribution in [0.5, 0.6) is 11.5 Å². The molecule has 0 bridgehead atoms. The van der Waals surface area contributed by atoms with Crippen LogP contribution in [0.4, 0.5) is 0 Å². The molecule has 1 unspecified atom stereocenters. The van der Waals surface area contributed by atoms with Gasteiger partial charge in [0.25, 0.3) is 5.89 Å².